The number of hydrogen-bond donors (Lipinski definition) is 0. The fourth-order valence-corrected chi connectivity index (χ4v) is 2.06. The number of aryl methyl sites for hydroxylation is 2. The average molecular weight is 271 g/mol. The molecule has 0 spiro atoms. The summed E-state index contributed by atoms with van der Waals surface area (Å²) in [6.45, 7) is 5.66. The molecule has 0 aromatic carbocycles. The molecule has 0 amide bonds. The zero-order valence-electron chi connectivity index (χ0n) is 10.0. The van der Waals surface area contributed by atoms with E-state index in [1.54, 1.807) is 11.6 Å². The third-order valence-electron chi connectivity index (χ3n) is 2.76. The van der Waals surface area contributed by atoms with Gasteiger partial charge in [-0.3, -0.25) is 4.68 Å². The van der Waals surface area contributed by atoms with E-state index in [0.717, 1.165) is 17.0 Å². The van der Waals surface area contributed by atoms with E-state index in [2.05, 4.69) is 15.1 Å². The quantitative estimate of drug-likeness (QED) is 0.748. The van der Waals surface area contributed by atoms with Crippen LogP contribution in [0.15, 0.2) is 0 Å². The predicted molar refractivity (Wildman–Crippen MR) is 68.5 cm³/mol. The molecule has 6 heteroatoms. The molecule has 0 N–H and O–H groups in total. The van der Waals surface area contributed by atoms with E-state index in [9.17, 15) is 0 Å². The molecule has 90 valence electrons. The Bertz CT molecular complexity index is 566. The van der Waals surface area contributed by atoms with E-state index < -0.39 is 0 Å². The SMILES string of the molecule is Cc1nn(C)c(C)c1-c1nc(Cl)c(C)c(Cl)n1. The average Bonchev–Trinajstić information content (AvgIpc) is 2.49. The summed E-state index contributed by atoms with van der Waals surface area (Å²) in [5.41, 5.74) is 3.42. The molecule has 2 rings (SSSR count). The molecule has 2 heterocycles. The molecule has 4 nitrogen and oxygen atoms in total. The van der Waals surface area contributed by atoms with Gasteiger partial charge in [0.05, 0.1) is 11.3 Å². The first-order valence-corrected chi connectivity index (χ1v) is 5.87. The maximum Gasteiger partial charge on any atom is 0.166 e. The van der Waals surface area contributed by atoms with Gasteiger partial charge in [-0.1, -0.05) is 23.2 Å². The van der Waals surface area contributed by atoms with Crippen LogP contribution in [0.5, 0.6) is 0 Å². The summed E-state index contributed by atoms with van der Waals surface area (Å²) in [4.78, 5) is 8.51. The van der Waals surface area contributed by atoms with Crippen LogP contribution in [0.1, 0.15) is 17.0 Å². The Hall–Kier alpha value is -1.13. The highest BCUT2D eigenvalue weighted by atomic mass is 35.5. The Morgan fingerprint density at radius 2 is 1.53 bits per heavy atom. The zero-order chi connectivity index (χ0) is 12.7. The minimum Gasteiger partial charge on any atom is -0.272 e. The smallest absolute Gasteiger partial charge is 0.166 e. The van der Waals surface area contributed by atoms with Gasteiger partial charge in [0.25, 0.3) is 0 Å². The largest absolute Gasteiger partial charge is 0.272 e. The highest BCUT2D eigenvalue weighted by Crippen LogP contribution is 2.28. The third-order valence-corrected chi connectivity index (χ3v) is 3.50. The van der Waals surface area contributed by atoms with Crippen LogP contribution >= 0.6 is 23.2 Å². The standard InChI is InChI=1S/C11H12Cl2N4/c1-5-9(12)14-11(15-10(5)13)8-6(2)16-17(4)7(8)3/h1-4H3. The Morgan fingerprint density at radius 3 is 1.94 bits per heavy atom. The van der Waals surface area contributed by atoms with E-state index in [1.807, 2.05) is 20.9 Å². The van der Waals surface area contributed by atoms with Gasteiger partial charge < -0.3 is 0 Å². The molecule has 2 aromatic rings. The van der Waals surface area contributed by atoms with Crippen molar-refractivity contribution in [3.05, 3.63) is 27.3 Å². The van der Waals surface area contributed by atoms with Crippen LogP contribution in [0.25, 0.3) is 11.4 Å². The molecular weight excluding hydrogens is 259 g/mol. The van der Waals surface area contributed by atoms with Gasteiger partial charge in [0.1, 0.15) is 10.3 Å². The maximum absolute atomic E-state index is 6.02. The summed E-state index contributed by atoms with van der Waals surface area (Å²) in [5, 5.41) is 5.07. The molecule has 0 bridgehead atoms. The first kappa shape index (κ1) is 12.3. The second-order valence-electron chi connectivity index (χ2n) is 3.92. The van der Waals surface area contributed by atoms with Crippen molar-refractivity contribution in [3.8, 4) is 11.4 Å². The minimum absolute atomic E-state index is 0.377. The van der Waals surface area contributed by atoms with Crippen LogP contribution < -0.4 is 0 Å². The highest BCUT2D eigenvalue weighted by Gasteiger charge is 2.16. The van der Waals surface area contributed by atoms with E-state index >= 15 is 0 Å². The van der Waals surface area contributed by atoms with Crippen molar-refractivity contribution >= 4 is 23.2 Å². The summed E-state index contributed by atoms with van der Waals surface area (Å²) < 4.78 is 1.79. The summed E-state index contributed by atoms with van der Waals surface area (Å²) in [7, 11) is 1.88. The second kappa shape index (κ2) is 4.27. The molecule has 0 fully saturated rings. The number of aromatic nitrogens is 4. The molecule has 0 aliphatic rings. The van der Waals surface area contributed by atoms with Gasteiger partial charge in [0, 0.05) is 18.3 Å². The molecular formula is C11H12Cl2N4. The lowest BCUT2D eigenvalue weighted by Crippen LogP contribution is -1.97. The zero-order valence-corrected chi connectivity index (χ0v) is 11.6. The monoisotopic (exact) mass is 270 g/mol. The number of nitrogens with zero attached hydrogens (tertiary/aromatic N) is 4. The lowest BCUT2D eigenvalue weighted by Gasteiger charge is -2.05. The first-order chi connectivity index (χ1) is 7.91. The van der Waals surface area contributed by atoms with Crippen LogP contribution in [-0.2, 0) is 7.05 Å². The van der Waals surface area contributed by atoms with Gasteiger partial charge in [0.15, 0.2) is 5.82 Å². The van der Waals surface area contributed by atoms with E-state index in [1.165, 1.54) is 0 Å². The molecule has 0 saturated carbocycles. The summed E-state index contributed by atoms with van der Waals surface area (Å²) in [5.74, 6) is 0.522. The van der Waals surface area contributed by atoms with Gasteiger partial charge in [0.2, 0.25) is 0 Å². The predicted octanol–water partition coefficient (Wildman–Crippen LogP) is 3.11. The van der Waals surface area contributed by atoms with Gasteiger partial charge >= 0.3 is 0 Å². The number of halogens is 2. The number of hydrogen-bond acceptors (Lipinski definition) is 3. The fraction of sp³-hybridized carbons (Fsp3) is 0.364. The van der Waals surface area contributed by atoms with Crippen molar-refractivity contribution < 1.29 is 0 Å². The molecule has 0 unspecified atom stereocenters. The fourth-order valence-electron chi connectivity index (χ4n) is 1.67. The van der Waals surface area contributed by atoms with Crippen molar-refractivity contribution in [2.24, 2.45) is 7.05 Å². The maximum atomic E-state index is 6.02. The lowest BCUT2D eigenvalue weighted by molar-refractivity contribution is 0.731. The van der Waals surface area contributed by atoms with E-state index in [-0.39, 0.29) is 0 Å². The Kier molecular flexibility index (Phi) is 3.10. The minimum atomic E-state index is 0.377. The van der Waals surface area contributed by atoms with Crippen molar-refractivity contribution in [2.75, 3.05) is 0 Å². The molecule has 17 heavy (non-hydrogen) atoms. The van der Waals surface area contributed by atoms with Crippen LogP contribution in [0.3, 0.4) is 0 Å². The normalized spacial score (nSPS) is 10.9. The molecule has 2 aromatic heterocycles. The molecule has 0 atom stereocenters. The molecule has 0 aliphatic carbocycles. The van der Waals surface area contributed by atoms with Gasteiger partial charge in [-0.05, 0) is 20.8 Å². The molecule has 0 radical (unpaired) electrons. The summed E-state index contributed by atoms with van der Waals surface area (Å²) >= 11 is 12.0. The Balaban J connectivity index is 2.69. The third kappa shape index (κ3) is 2.03. The van der Waals surface area contributed by atoms with Crippen LogP contribution in [0.2, 0.25) is 10.3 Å². The van der Waals surface area contributed by atoms with Crippen LogP contribution in [0, 0.1) is 20.8 Å². The summed E-state index contributed by atoms with van der Waals surface area (Å²) in [6, 6.07) is 0. The molecule has 0 saturated heterocycles. The van der Waals surface area contributed by atoms with Gasteiger partial charge in [-0.25, -0.2) is 9.97 Å². The first-order valence-electron chi connectivity index (χ1n) is 5.12. The van der Waals surface area contributed by atoms with Gasteiger partial charge in [-0.15, -0.1) is 0 Å². The Labute approximate surface area is 110 Å². The topological polar surface area (TPSA) is 43.6 Å². The van der Waals surface area contributed by atoms with Crippen molar-refractivity contribution in [3.63, 3.8) is 0 Å². The highest BCUT2D eigenvalue weighted by molar-refractivity contribution is 6.34. The van der Waals surface area contributed by atoms with Crippen molar-refractivity contribution in [1.29, 1.82) is 0 Å². The van der Waals surface area contributed by atoms with Crippen molar-refractivity contribution in [1.82, 2.24) is 19.7 Å². The van der Waals surface area contributed by atoms with E-state index in [0.29, 0.717) is 21.7 Å². The van der Waals surface area contributed by atoms with Crippen LogP contribution in [0.4, 0.5) is 0 Å². The lowest BCUT2D eigenvalue weighted by atomic mass is 10.2. The summed E-state index contributed by atoms with van der Waals surface area (Å²) in [6.07, 6.45) is 0. The number of rotatable bonds is 1. The van der Waals surface area contributed by atoms with Crippen molar-refractivity contribution in [2.45, 2.75) is 20.8 Å². The van der Waals surface area contributed by atoms with Crippen LogP contribution in [-0.4, -0.2) is 19.7 Å². The molecule has 0 aliphatic heterocycles. The van der Waals surface area contributed by atoms with Gasteiger partial charge in [-0.2, -0.15) is 5.10 Å². The van der Waals surface area contributed by atoms with E-state index in [4.69, 9.17) is 23.2 Å². The second-order valence-corrected chi connectivity index (χ2v) is 4.64. The Morgan fingerprint density at radius 1 is 1.00 bits per heavy atom.